The summed E-state index contributed by atoms with van der Waals surface area (Å²) in [6.45, 7) is 2.94. The second-order valence-electron chi connectivity index (χ2n) is 5.70. The summed E-state index contributed by atoms with van der Waals surface area (Å²) in [6, 6.07) is 3.62. The van der Waals surface area contributed by atoms with Gasteiger partial charge in [0.25, 0.3) is 0 Å². The van der Waals surface area contributed by atoms with Crippen LogP contribution in [0.3, 0.4) is 0 Å². The third-order valence-corrected chi connectivity index (χ3v) is 3.91. The fourth-order valence-corrected chi connectivity index (χ4v) is 2.93. The van der Waals surface area contributed by atoms with E-state index in [1.807, 2.05) is 17.9 Å². The maximum Gasteiger partial charge on any atom is 0.237 e. The zero-order valence-corrected chi connectivity index (χ0v) is 13.9. The first kappa shape index (κ1) is 16.3. The number of nitrogens with one attached hydrogen (secondary N) is 2. The normalized spacial score (nSPS) is 17.1. The predicted molar refractivity (Wildman–Crippen MR) is 89.7 cm³/mol. The Hall–Kier alpha value is -2.61. The first-order chi connectivity index (χ1) is 11.7. The van der Waals surface area contributed by atoms with Gasteiger partial charge >= 0.3 is 0 Å². The molecule has 0 saturated carbocycles. The smallest absolute Gasteiger partial charge is 0.237 e. The fraction of sp³-hybridized carbons (Fsp3) is 0.438. The topological polar surface area (TPSA) is 95.9 Å². The van der Waals surface area contributed by atoms with Crippen LogP contribution in [0.2, 0.25) is 0 Å². The first-order valence-corrected chi connectivity index (χ1v) is 8.01. The molecule has 0 aromatic carbocycles. The molecule has 1 amide bonds. The largest absolute Gasteiger partial charge is 0.333 e. The summed E-state index contributed by atoms with van der Waals surface area (Å²) in [5.74, 6) is 1.86. The monoisotopic (exact) mass is 327 g/mol. The Morgan fingerprint density at radius 3 is 2.88 bits per heavy atom. The molecule has 1 aliphatic rings. The van der Waals surface area contributed by atoms with Crippen molar-refractivity contribution in [2.45, 2.75) is 25.8 Å². The lowest BCUT2D eigenvalue weighted by atomic mass is 10.1. The van der Waals surface area contributed by atoms with Crippen LogP contribution in [0.5, 0.6) is 0 Å². The first-order valence-electron chi connectivity index (χ1n) is 8.01. The second kappa shape index (κ2) is 7.31. The number of amides is 1. The van der Waals surface area contributed by atoms with E-state index in [1.165, 1.54) is 0 Å². The lowest BCUT2D eigenvalue weighted by Crippen LogP contribution is -2.37. The van der Waals surface area contributed by atoms with E-state index in [2.05, 4.69) is 30.6 Å². The number of likely N-dealkylation sites (N-methyl/N-ethyl adjacent to an activating group) is 1. The maximum absolute atomic E-state index is 12.3. The van der Waals surface area contributed by atoms with E-state index >= 15 is 0 Å². The van der Waals surface area contributed by atoms with E-state index in [1.54, 1.807) is 25.5 Å². The molecule has 24 heavy (non-hydrogen) atoms. The number of likely N-dealkylation sites (tertiary alicyclic amines) is 1. The molecule has 0 unspecified atom stereocenters. The maximum atomic E-state index is 12.3. The van der Waals surface area contributed by atoms with E-state index in [4.69, 9.17) is 0 Å². The van der Waals surface area contributed by atoms with Gasteiger partial charge in [0, 0.05) is 25.0 Å². The molecule has 1 aliphatic heterocycles. The minimum absolute atomic E-state index is 0.00945. The molecule has 0 spiro atoms. The van der Waals surface area contributed by atoms with Gasteiger partial charge in [-0.05, 0) is 32.9 Å². The molecule has 3 heterocycles. The Bertz CT molecular complexity index is 707. The molecule has 2 N–H and O–H groups in total. The number of anilines is 2. The van der Waals surface area contributed by atoms with Crippen LogP contribution in [0.4, 0.5) is 11.8 Å². The number of rotatable bonds is 5. The van der Waals surface area contributed by atoms with Crippen molar-refractivity contribution in [2.75, 3.05) is 25.5 Å². The van der Waals surface area contributed by atoms with Crippen molar-refractivity contribution in [1.29, 1.82) is 0 Å². The van der Waals surface area contributed by atoms with E-state index in [0.717, 1.165) is 25.1 Å². The van der Waals surface area contributed by atoms with Crippen molar-refractivity contribution in [3.8, 4) is 0 Å². The molecule has 126 valence electrons. The summed E-state index contributed by atoms with van der Waals surface area (Å²) >= 11 is 0. The van der Waals surface area contributed by atoms with E-state index < -0.39 is 0 Å². The zero-order chi connectivity index (χ0) is 16.9. The Morgan fingerprint density at radius 2 is 2.12 bits per heavy atom. The summed E-state index contributed by atoms with van der Waals surface area (Å²) in [5, 5.41) is 6.01. The van der Waals surface area contributed by atoms with Gasteiger partial charge in [0.1, 0.15) is 11.6 Å². The third kappa shape index (κ3) is 3.65. The van der Waals surface area contributed by atoms with Crippen LogP contribution < -0.4 is 10.6 Å². The predicted octanol–water partition coefficient (Wildman–Crippen LogP) is 1.20. The number of aryl methyl sites for hydroxylation is 1. The van der Waals surface area contributed by atoms with Crippen molar-refractivity contribution in [1.82, 2.24) is 30.2 Å². The Kier molecular flexibility index (Phi) is 4.95. The van der Waals surface area contributed by atoms with Gasteiger partial charge in [0.2, 0.25) is 11.9 Å². The summed E-state index contributed by atoms with van der Waals surface area (Å²) in [4.78, 5) is 31.4. The third-order valence-electron chi connectivity index (χ3n) is 3.91. The van der Waals surface area contributed by atoms with Crippen molar-refractivity contribution in [3.63, 3.8) is 0 Å². The fourth-order valence-electron chi connectivity index (χ4n) is 2.93. The van der Waals surface area contributed by atoms with Gasteiger partial charge in [-0.2, -0.15) is 0 Å². The van der Waals surface area contributed by atoms with E-state index in [0.29, 0.717) is 24.1 Å². The minimum atomic E-state index is -0.00945. The molecule has 1 atom stereocenters. The number of aromatic nitrogens is 4. The molecule has 1 saturated heterocycles. The van der Waals surface area contributed by atoms with Crippen molar-refractivity contribution in [2.24, 2.45) is 0 Å². The standard InChI is InChI=1S/C16H21N7O/c1-11-20-12(13-5-3-8-23(13)15(24)10-17-2)9-14(21-11)22-16-18-6-4-7-19-16/h4,6-7,9,13,17H,3,5,8,10H2,1-2H3,(H,18,19,20,21,22)/t13-/m1/s1. The number of hydrogen-bond acceptors (Lipinski definition) is 7. The highest BCUT2D eigenvalue weighted by Gasteiger charge is 2.31. The van der Waals surface area contributed by atoms with Crippen LogP contribution >= 0.6 is 0 Å². The zero-order valence-electron chi connectivity index (χ0n) is 13.9. The van der Waals surface area contributed by atoms with Gasteiger partial charge in [-0.15, -0.1) is 0 Å². The molecular weight excluding hydrogens is 306 g/mol. The van der Waals surface area contributed by atoms with E-state index in [-0.39, 0.29) is 11.9 Å². The Labute approximate surface area is 140 Å². The van der Waals surface area contributed by atoms with Crippen molar-refractivity contribution in [3.05, 3.63) is 36.0 Å². The van der Waals surface area contributed by atoms with Crippen LogP contribution in [0.25, 0.3) is 0 Å². The van der Waals surface area contributed by atoms with Crippen molar-refractivity contribution >= 4 is 17.7 Å². The molecule has 0 aliphatic carbocycles. The lowest BCUT2D eigenvalue weighted by Gasteiger charge is -2.24. The molecule has 0 bridgehead atoms. The van der Waals surface area contributed by atoms with Crippen LogP contribution in [0.1, 0.15) is 30.4 Å². The highest BCUT2D eigenvalue weighted by atomic mass is 16.2. The molecule has 1 fully saturated rings. The van der Waals surface area contributed by atoms with Gasteiger partial charge in [-0.3, -0.25) is 4.79 Å². The second-order valence-corrected chi connectivity index (χ2v) is 5.70. The summed E-state index contributed by atoms with van der Waals surface area (Å²) < 4.78 is 0. The van der Waals surface area contributed by atoms with E-state index in [9.17, 15) is 4.79 Å². The summed E-state index contributed by atoms with van der Waals surface area (Å²) in [7, 11) is 1.78. The van der Waals surface area contributed by atoms with Gasteiger partial charge in [0.05, 0.1) is 18.3 Å². The van der Waals surface area contributed by atoms with Crippen LogP contribution in [0.15, 0.2) is 24.5 Å². The molecule has 8 nitrogen and oxygen atoms in total. The number of nitrogens with zero attached hydrogens (tertiary/aromatic N) is 5. The van der Waals surface area contributed by atoms with Gasteiger partial charge < -0.3 is 15.5 Å². The molecule has 2 aromatic heterocycles. The Morgan fingerprint density at radius 1 is 1.33 bits per heavy atom. The highest BCUT2D eigenvalue weighted by molar-refractivity contribution is 5.79. The lowest BCUT2D eigenvalue weighted by molar-refractivity contribution is -0.131. The molecule has 2 aromatic rings. The van der Waals surface area contributed by atoms with Crippen LogP contribution in [-0.2, 0) is 4.79 Å². The quantitative estimate of drug-likeness (QED) is 0.852. The average molecular weight is 327 g/mol. The van der Waals surface area contributed by atoms with Gasteiger partial charge in [0.15, 0.2) is 0 Å². The molecular formula is C16H21N7O. The molecule has 0 radical (unpaired) electrons. The summed E-state index contributed by atoms with van der Waals surface area (Å²) in [6.07, 6.45) is 5.22. The van der Waals surface area contributed by atoms with Crippen LogP contribution in [0, 0.1) is 6.92 Å². The SMILES string of the molecule is CNCC(=O)N1CCC[C@@H]1c1cc(Nc2ncccn2)nc(C)n1. The highest BCUT2D eigenvalue weighted by Crippen LogP contribution is 2.31. The number of hydrogen-bond donors (Lipinski definition) is 2. The van der Waals surface area contributed by atoms with Gasteiger partial charge in [-0.1, -0.05) is 0 Å². The van der Waals surface area contributed by atoms with Crippen molar-refractivity contribution < 1.29 is 4.79 Å². The number of carbonyl (C=O) groups excluding carboxylic acids is 1. The van der Waals surface area contributed by atoms with Crippen LogP contribution in [-0.4, -0.2) is 50.9 Å². The Balaban J connectivity index is 1.84. The average Bonchev–Trinajstić information content (AvgIpc) is 3.05. The summed E-state index contributed by atoms with van der Waals surface area (Å²) in [5.41, 5.74) is 0.850. The van der Waals surface area contributed by atoms with Gasteiger partial charge in [-0.25, -0.2) is 19.9 Å². The molecule has 3 rings (SSSR count). The number of carbonyl (C=O) groups is 1. The minimum Gasteiger partial charge on any atom is -0.333 e. The molecule has 8 heteroatoms.